The molecule has 250 valence electrons. The van der Waals surface area contributed by atoms with Crippen molar-refractivity contribution < 1.29 is 4.74 Å². The Morgan fingerprint density at radius 1 is 0.519 bits per heavy atom. The molecule has 2 heterocycles. The summed E-state index contributed by atoms with van der Waals surface area (Å²) in [6.45, 7) is 0. The summed E-state index contributed by atoms with van der Waals surface area (Å²) < 4.78 is 6.61. The van der Waals surface area contributed by atoms with Gasteiger partial charge in [-0.1, -0.05) is 109 Å². The molecular weight excluding hydrogens is 651 g/mol. The second kappa shape index (κ2) is 10.9. The molecule has 6 aliphatic rings. The fraction of sp³-hybridized carbons (Fsp3) is 0.204. The van der Waals surface area contributed by atoms with Crippen molar-refractivity contribution in [1.29, 1.82) is 0 Å². The minimum atomic E-state index is 0.0405. The molecule has 0 unspecified atom stereocenters. The maximum absolute atomic E-state index is 6.61. The van der Waals surface area contributed by atoms with Gasteiger partial charge in [0.25, 0.3) is 0 Å². The van der Waals surface area contributed by atoms with Crippen LogP contribution in [0.15, 0.2) is 149 Å². The molecule has 0 N–H and O–H groups in total. The van der Waals surface area contributed by atoms with Gasteiger partial charge in [0.1, 0.15) is 11.5 Å². The van der Waals surface area contributed by atoms with Gasteiger partial charge in [-0.15, -0.1) is 0 Å². The van der Waals surface area contributed by atoms with E-state index in [9.17, 15) is 0 Å². The average Bonchev–Trinajstić information content (AvgIpc) is 3.49. The van der Waals surface area contributed by atoms with E-state index in [1.807, 2.05) is 11.8 Å². The SMILES string of the molecule is c1ccc(-c2cc(-c3ccc4c(c3)C3(c5ccc6c(c5-4)Sc4ccccc4O6)C4CC5CC(C4)CC3C5)nc(-c3ccc4ccccc4c3)c2)cc1. The summed E-state index contributed by atoms with van der Waals surface area (Å²) in [4.78, 5) is 7.97. The first-order chi connectivity index (χ1) is 25.7. The molecule has 0 radical (unpaired) electrons. The van der Waals surface area contributed by atoms with Crippen LogP contribution in [-0.4, -0.2) is 4.98 Å². The molecule has 1 spiro atoms. The summed E-state index contributed by atoms with van der Waals surface area (Å²) in [6, 6.07) is 51.4. The summed E-state index contributed by atoms with van der Waals surface area (Å²) in [5, 5.41) is 2.49. The molecule has 0 saturated heterocycles. The van der Waals surface area contributed by atoms with Gasteiger partial charge in [0, 0.05) is 22.1 Å². The van der Waals surface area contributed by atoms with Crippen molar-refractivity contribution in [1.82, 2.24) is 4.98 Å². The van der Waals surface area contributed by atoms with E-state index in [2.05, 4.69) is 140 Å². The zero-order valence-corrected chi connectivity index (χ0v) is 29.7. The van der Waals surface area contributed by atoms with Gasteiger partial charge in [-0.05, 0) is 137 Å². The normalized spacial score (nSPS) is 24.3. The highest BCUT2D eigenvalue weighted by Crippen LogP contribution is 2.71. The third-order valence-corrected chi connectivity index (χ3v) is 14.4. The van der Waals surface area contributed by atoms with E-state index in [0.29, 0.717) is 11.8 Å². The molecule has 52 heavy (non-hydrogen) atoms. The van der Waals surface area contributed by atoms with Crippen molar-refractivity contribution in [2.75, 3.05) is 0 Å². The number of aromatic nitrogens is 1. The van der Waals surface area contributed by atoms with Gasteiger partial charge in [0.15, 0.2) is 0 Å². The lowest BCUT2D eigenvalue weighted by atomic mass is 9.43. The van der Waals surface area contributed by atoms with E-state index in [0.717, 1.165) is 40.3 Å². The van der Waals surface area contributed by atoms with Crippen LogP contribution in [0.1, 0.15) is 43.2 Å². The van der Waals surface area contributed by atoms with Crippen molar-refractivity contribution in [3.05, 3.63) is 151 Å². The summed E-state index contributed by atoms with van der Waals surface area (Å²) >= 11 is 1.90. The molecule has 2 nitrogen and oxygen atoms in total. The first kappa shape index (κ1) is 29.5. The summed E-state index contributed by atoms with van der Waals surface area (Å²) in [6.07, 6.45) is 6.86. The van der Waals surface area contributed by atoms with Crippen LogP contribution in [-0.2, 0) is 5.41 Å². The number of benzene rings is 6. The lowest BCUT2D eigenvalue weighted by molar-refractivity contribution is -0.0399. The van der Waals surface area contributed by atoms with Crippen molar-refractivity contribution >= 4 is 22.5 Å². The highest BCUT2D eigenvalue weighted by molar-refractivity contribution is 7.99. The molecule has 6 aromatic carbocycles. The van der Waals surface area contributed by atoms with Gasteiger partial charge in [-0.2, -0.15) is 0 Å². The number of hydrogen-bond acceptors (Lipinski definition) is 3. The largest absolute Gasteiger partial charge is 0.455 e. The minimum Gasteiger partial charge on any atom is -0.455 e. The average molecular weight is 688 g/mol. The van der Waals surface area contributed by atoms with Crippen LogP contribution < -0.4 is 4.74 Å². The quantitative estimate of drug-likeness (QED) is 0.185. The third kappa shape index (κ3) is 4.17. The van der Waals surface area contributed by atoms with Crippen LogP contribution in [0.4, 0.5) is 0 Å². The topological polar surface area (TPSA) is 22.1 Å². The fourth-order valence-corrected chi connectivity index (χ4v) is 12.5. The van der Waals surface area contributed by atoms with Crippen molar-refractivity contribution in [3.63, 3.8) is 0 Å². The molecule has 0 atom stereocenters. The number of ether oxygens (including phenoxy) is 1. The molecule has 4 bridgehead atoms. The van der Waals surface area contributed by atoms with Crippen LogP contribution in [0.25, 0.3) is 55.5 Å². The predicted molar refractivity (Wildman–Crippen MR) is 212 cm³/mol. The molecule has 0 amide bonds. The maximum Gasteiger partial charge on any atom is 0.142 e. The molecule has 4 saturated carbocycles. The van der Waals surface area contributed by atoms with E-state index in [4.69, 9.17) is 9.72 Å². The van der Waals surface area contributed by atoms with Crippen LogP contribution in [0.2, 0.25) is 0 Å². The number of rotatable bonds is 3. The Bertz CT molecular complexity index is 2580. The molecule has 1 aliphatic heterocycles. The second-order valence-corrected chi connectivity index (χ2v) is 17.0. The molecule has 4 fully saturated rings. The van der Waals surface area contributed by atoms with Gasteiger partial charge in [0.2, 0.25) is 0 Å². The van der Waals surface area contributed by atoms with E-state index in [1.54, 1.807) is 11.1 Å². The fourth-order valence-electron chi connectivity index (χ4n) is 11.4. The zero-order valence-electron chi connectivity index (χ0n) is 28.9. The van der Waals surface area contributed by atoms with Crippen LogP contribution in [0.5, 0.6) is 11.5 Å². The van der Waals surface area contributed by atoms with Gasteiger partial charge in [-0.3, -0.25) is 0 Å². The van der Waals surface area contributed by atoms with Crippen molar-refractivity contribution in [2.24, 2.45) is 23.7 Å². The summed E-state index contributed by atoms with van der Waals surface area (Å²) in [5.41, 5.74) is 12.8. The summed E-state index contributed by atoms with van der Waals surface area (Å²) in [7, 11) is 0. The van der Waals surface area contributed by atoms with Gasteiger partial charge in [0.05, 0.1) is 21.2 Å². The minimum absolute atomic E-state index is 0.0405. The van der Waals surface area contributed by atoms with Gasteiger partial charge >= 0.3 is 0 Å². The highest BCUT2D eigenvalue weighted by Gasteiger charge is 2.62. The molecule has 5 aliphatic carbocycles. The van der Waals surface area contributed by atoms with Crippen LogP contribution in [0, 0.1) is 23.7 Å². The van der Waals surface area contributed by atoms with E-state index in [1.165, 1.54) is 80.5 Å². The highest BCUT2D eigenvalue weighted by atomic mass is 32.2. The maximum atomic E-state index is 6.61. The summed E-state index contributed by atoms with van der Waals surface area (Å²) in [5.74, 6) is 5.09. The first-order valence-corrected chi connectivity index (χ1v) is 19.8. The standard InChI is InChI=1S/C49H37NOS/c1-2-8-31(9-3-1)36-27-42(34-15-14-32-10-4-5-11-33(32)25-34)50-43(28-36)35-16-17-39-41(26-35)49(37-21-29-20-30(23-37)24-38(49)22-29)40-18-19-45-48(47(39)40)52-46-13-7-6-12-44(46)51-45/h1-19,25-30,37-38H,20-24H2. The zero-order chi connectivity index (χ0) is 34.0. The van der Waals surface area contributed by atoms with Crippen LogP contribution >= 0.6 is 11.8 Å². The lowest BCUT2D eigenvalue weighted by Crippen LogP contribution is -2.55. The third-order valence-electron chi connectivity index (χ3n) is 13.3. The Morgan fingerprint density at radius 3 is 2.02 bits per heavy atom. The Balaban J connectivity index is 1.07. The monoisotopic (exact) mass is 687 g/mol. The number of pyridine rings is 1. The Kier molecular flexibility index (Phi) is 6.20. The molecule has 13 rings (SSSR count). The van der Waals surface area contributed by atoms with E-state index in [-0.39, 0.29) is 5.41 Å². The Hall–Kier alpha value is -5.12. The molecule has 3 heteroatoms. The van der Waals surface area contributed by atoms with Crippen molar-refractivity contribution in [2.45, 2.75) is 47.3 Å². The number of hydrogen-bond donors (Lipinski definition) is 0. The van der Waals surface area contributed by atoms with Crippen molar-refractivity contribution in [3.8, 4) is 56.3 Å². The Labute approximate surface area is 308 Å². The first-order valence-electron chi connectivity index (χ1n) is 19.0. The predicted octanol–water partition coefficient (Wildman–Crippen LogP) is 13.2. The number of para-hydroxylation sites is 1. The second-order valence-electron chi connectivity index (χ2n) is 16.0. The lowest BCUT2D eigenvalue weighted by Gasteiger charge is -2.61. The number of nitrogens with zero attached hydrogens (tertiary/aromatic N) is 1. The molecule has 1 aromatic heterocycles. The van der Waals surface area contributed by atoms with E-state index < -0.39 is 0 Å². The molecular formula is C49H37NOS. The molecule has 7 aromatic rings. The van der Waals surface area contributed by atoms with Gasteiger partial charge < -0.3 is 4.74 Å². The van der Waals surface area contributed by atoms with Crippen LogP contribution in [0.3, 0.4) is 0 Å². The smallest absolute Gasteiger partial charge is 0.142 e. The van der Waals surface area contributed by atoms with E-state index >= 15 is 0 Å². The Morgan fingerprint density at radius 2 is 1.21 bits per heavy atom. The number of fused-ring (bicyclic) bond motifs is 7. The van der Waals surface area contributed by atoms with Gasteiger partial charge in [-0.25, -0.2) is 4.98 Å².